The van der Waals surface area contributed by atoms with E-state index in [-0.39, 0.29) is 13.0 Å². The number of nitrogens with two attached hydrogens (primary N) is 1. The number of amides is 2. The van der Waals surface area contributed by atoms with Crippen LogP contribution in [0.2, 0.25) is 0 Å². The number of primary amides is 1. The van der Waals surface area contributed by atoms with Gasteiger partial charge in [-0.25, -0.2) is 14.1 Å². The standard InChI is InChI=1S/C15H16FN5O2/c1-9-4-10(2-3-12(9)21-8-18-7-19-21)15(23)20-6-11(16)5-13(20)14(17)22/h2-4,7-8,11,13H,5-6H2,1H3,(H2,17,22)/t11-,13+/m1/s1. The number of hydrogen-bond acceptors (Lipinski definition) is 4. The average Bonchev–Trinajstić information content (AvgIpc) is 3.15. The van der Waals surface area contributed by atoms with Gasteiger partial charge in [-0.15, -0.1) is 0 Å². The van der Waals surface area contributed by atoms with Gasteiger partial charge in [-0.2, -0.15) is 5.10 Å². The minimum atomic E-state index is -1.23. The van der Waals surface area contributed by atoms with E-state index in [2.05, 4.69) is 10.1 Å². The van der Waals surface area contributed by atoms with Gasteiger partial charge in [0.05, 0.1) is 12.2 Å². The summed E-state index contributed by atoms with van der Waals surface area (Å²) >= 11 is 0. The molecule has 23 heavy (non-hydrogen) atoms. The Bertz CT molecular complexity index is 746. The van der Waals surface area contributed by atoms with Gasteiger partial charge in [-0.1, -0.05) is 0 Å². The van der Waals surface area contributed by atoms with E-state index in [1.807, 2.05) is 6.92 Å². The average molecular weight is 317 g/mol. The van der Waals surface area contributed by atoms with Crippen LogP contribution >= 0.6 is 0 Å². The molecule has 0 bridgehead atoms. The van der Waals surface area contributed by atoms with Gasteiger partial charge < -0.3 is 10.6 Å². The molecule has 0 aliphatic carbocycles. The number of carbonyl (C=O) groups is 2. The van der Waals surface area contributed by atoms with Crippen LogP contribution in [0.5, 0.6) is 0 Å². The van der Waals surface area contributed by atoms with Crippen molar-refractivity contribution in [3.63, 3.8) is 0 Å². The zero-order valence-electron chi connectivity index (χ0n) is 12.5. The highest BCUT2D eigenvalue weighted by Gasteiger charge is 2.39. The molecule has 120 valence electrons. The van der Waals surface area contributed by atoms with E-state index in [0.29, 0.717) is 5.56 Å². The number of alkyl halides is 1. The molecule has 1 aliphatic rings. The molecule has 2 amide bonds. The molecule has 2 aromatic rings. The van der Waals surface area contributed by atoms with Crippen molar-refractivity contribution in [2.75, 3.05) is 6.54 Å². The first-order chi connectivity index (χ1) is 11.0. The summed E-state index contributed by atoms with van der Waals surface area (Å²) in [5, 5.41) is 4.04. The second-order valence-corrected chi connectivity index (χ2v) is 5.55. The van der Waals surface area contributed by atoms with Crippen LogP contribution in [0.3, 0.4) is 0 Å². The largest absolute Gasteiger partial charge is 0.368 e. The van der Waals surface area contributed by atoms with Gasteiger partial charge in [0.25, 0.3) is 5.91 Å². The van der Waals surface area contributed by atoms with Crippen molar-refractivity contribution in [1.29, 1.82) is 0 Å². The van der Waals surface area contributed by atoms with Crippen LogP contribution in [-0.2, 0) is 4.79 Å². The number of benzene rings is 1. The van der Waals surface area contributed by atoms with Crippen molar-refractivity contribution in [3.05, 3.63) is 42.0 Å². The second kappa shape index (κ2) is 5.79. The maximum Gasteiger partial charge on any atom is 0.254 e. The molecule has 7 nitrogen and oxygen atoms in total. The van der Waals surface area contributed by atoms with Gasteiger partial charge >= 0.3 is 0 Å². The number of carbonyl (C=O) groups excluding carboxylic acids is 2. The van der Waals surface area contributed by atoms with Crippen LogP contribution in [0.4, 0.5) is 4.39 Å². The molecule has 1 aromatic heterocycles. The van der Waals surface area contributed by atoms with E-state index in [4.69, 9.17) is 5.73 Å². The molecule has 8 heteroatoms. The van der Waals surface area contributed by atoms with Crippen LogP contribution in [-0.4, -0.2) is 50.2 Å². The molecular weight excluding hydrogens is 301 g/mol. The monoisotopic (exact) mass is 317 g/mol. The number of likely N-dealkylation sites (tertiary alicyclic amines) is 1. The fraction of sp³-hybridized carbons (Fsp3) is 0.333. The van der Waals surface area contributed by atoms with Crippen molar-refractivity contribution in [3.8, 4) is 5.69 Å². The molecule has 0 spiro atoms. The molecule has 1 fully saturated rings. The highest BCUT2D eigenvalue weighted by molar-refractivity contribution is 5.98. The lowest BCUT2D eigenvalue weighted by Crippen LogP contribution is -2.43. The maximum absolute atomic E-state index is 13.6. The first kappa shape index (κ1) is 15.1. The molecule has 1 saturated heterocycles. The summed E-state index contributed by atoms with van der Waals surface area (Å²) in [5.41, 5.74) is 7.25. The zero-order valence-corrected chi connectivity index (χ0v) is 12.5. The maximum atomic E-state index is 13.6. The Hall–Kier alpha value is -2.77. The molecule has 0 radical (unpaired) electrons. The number of halogens is 1. The molecule has 0 unspecified atom stereocenters. The van der Waals surface area contributed by atoms with Crippen LogP contribution in [0.25, 0.3) is 5.69 Å². The Morgan fingerprint density at radius 2 is 2.17 bits per heavy atom. The topological polar surface area (TPSA) is 94.1 Å². The van der Waals surface area contributed by atoms with Gasteiger partial charge in [0.15, 0.2) is 0 Å². The van der Waals surface area contributed by atoms with Gasteiger partial charge in [-0.3, -0.25) is 9.59 Å². The van der Waals surface area contributed by atoms with E-state index < -0.39 is 24.0 Å². The summed E-state index contributed by atoms with van der Waals surface area (Å²) < 4.78 is 15.2. The Morgan fingerprint density at radius 1 is 1.39 bits per heavy atom. The van der Waals surface area contributed by atoms with Gasteiger partial charge in [0, 0.05) is 12.0 Å². The lowest BCUT2D eigenvalue weighted by atomic mass is 10.1. The third-order valence-corrected chi connectivity index (χ3v) is 3.95. The molecule has 1 aliphatic heterocycles. The van der Waals surface area contributed by atoms with Gasteiger partial charge in [0.2, 0.25) is 5.91 Å². The van der Waals surface area contributed by atoms with E-state index in [9.17, 15) is 14.0 Å². The summed E-state index contributed by atoms with van der Waals surface area (Å²) in [7, 11) is 0. The van der Waals surface area contributed by atoms with E-state index in [1.54, 1.807) is 29.2 Å². The molecule has 1 aromatic carbocycles. The third-order valence-electron chi connectivity index (χ3n) is 3.95. The van der Waals surface area contributed by atoms with E-state index >= 15 is 0 Å². The fourth-order valence-electron chi connectivity index (χ4n) is 2.82. The second-order valence-electron chi connectivity index (χ2n) is 5.55. The Kier molecular flexibility index (Phi) is 3.81. The number of nitrogens with zero attached hydrogens (tertiary/aromatic N) is 4. The minimum Gasteiger partial charge on any atom is -0.368 e. The Balaban J connectivity index is 1.88. The van der Waals surface area contributed by atoms with Crippen LogP contribution in [0.15, 0.2) is 30.9 Å². The van der Waals surface area contributed by atoms with Gasteiger partial charge in [-0.05, 0) is 30.7 Å². The lowest BCUT2D eigenvalue weighted by molar-refractivity contribution is -0.121. The molecule has 2 atom stereocenters. The first-order valence-corrected chi connectivity index (χ1v) is 7.17. The molecule has 3 rings (SSSR count). The number of aromatic nitrogens is 3. The lowest BCUT2D eigenvalue weighted by Gasteiger charge is -2.22. The summed E-state index contributed by atoms with van der Waals surface area (Å²) in [6, 6.07) is 4.14. The number of hydrogen-bond donors (Lipinski definition) is 1. The summed E-state index contributed by atoms with van der Waals surface area (Å²) in [5.74, 6) is -1.09. The smallest absolute Gasteiger partial charge is 0.254 e. The van der Waals surface area contributed by atoms with Crippen molar-refractivity contribution in [1.82, 2.24) is 19.7 Å². The number of rotatable bonds is 3. The van der Waals surface area contributed by atoms with Crippen molar-refractivity contribution in [2.45, 2.75) is 25.6 Å². The molecule has 0 saturated carbocycles. The zero-order chi connectivity index (χ0) is 16.6. The first-order valence-electron chi connectivity index (χ1n) is 7.17. The minimum absolute atomic E-state index is 0.0445. The predicted molar refractivity (Wildman–Crippen MR) is 79.6 cm³/mol. The highest BCUT2D eigenvalue weighted by atomic mass is 19.1. The normalized spacial score (nSPS) is 20.7. The fourth-order valence-corrected chi connectivity index (χ4v) is 2.82. The van der Waals surface area contributed by atoms with Crippen molar-refractivity contribution >= 4 is 11.8 Å². The third kappa shape index (κ3) is 2.79. The Labute approximate surface area is 131 Å². The quantitative estimate of drug-likeness (QED) is 0.897. The summed E-state index contributed by atoms with van der Waals surface area (Å²) in [6.07, 6.45) is 1.70. The molecular formula is C15H16FN5O2. The van der Waals surface area contributed by atoms with Crippen LogP contribution in [0, 0.1) is 6.92 Å². The van der Waals surface area contributed by atoms with Crippen LogP contribution in [0.1, 0.15) is 22.3 Å². The molecule has 2 N–H and O–H groups in total. The predicted octanol–water partition coefficient (Wildman–Crippen LogP) is 0.614. The van der Waals surface area contributed by atoms with E-state index in [0.717, 1.165) is 11.3 Å². The highest BCUT2D eigenvalue weighted by Crippen LogP contribution is 2.24. The summed E-state index contributed by atoms with van der Waals surface area (Å²) in [6.45, 7) is 1.72. The Morgan fingerprint density at radius 3 is 2.78 bits per heavy atom. The number of aryl methyl sites for hydroxylation is 1. The van der Waals surface area contributed by atoms with Crippen LogP contribution < -0.4 is 5.73 Å². The van der Waals surface area contributed by atoms with E-state index in [1.165, 1.54) is 11.2 Å². The van der Waals surface area contributed by atoms with Crippen molar-refractivity contribution < 1.29 is 14.0 Å². The summed E-state index contributed by atoms with van der Waals surface area (Å²) in [4.78, 5) is 29.1. The molecule has 2 heterocycles. The van der Waals surface area contributed by atoms with Crippen molar-refractivity contribution in [2.24, 2.45) is 5.73 Å². The SMILES string of the molecule is Cc1cc(C(=O)N2C[C@H](F)C[C@H]2C(N)=O)ccc1-n1cncn1. The van der Waals surface area contributed by atoms with Gasteiger partial charge in [0.1, 0.15) is 24.9 Å².